The largest absolute Gasteiger partial charge is 0.368 e. The second kappa shape index (κ2) is 7.74. The summed E-state index contributed by atoms with van der Waals surface area (Å²) in [6.45, 7) is 15.5. The number of hydrogen-bond donors (Lipinski definition) is 2. The second-order valence-electron chi connectivity index (χ2n) is 6.03. The van der Waals surface area contributed by atoms with E-state index in [1.165, 1.54) is 0 Å². The molecular formula is C14H31N3O. The van der Waals surface area contributed by atoms with Gasteiger partial charge in [-0.3, -0.25) is 4.79 Å². The minimum atomic E-state index is -0.613. The fraction of sp³-hybridized carbons (Fsp3) is 0.929. The zero-order valence-corrected chi connectivity index (χ0v) is 12.9. The zero-order chi connectivity index (χ0) is 14.3. The van der Waals surface area contributed by atoms with Crippen molar-refractivity contribution < 1.29 is 4.79 Å². The summed E-state index contributed by atoms with van der Waals surface area (Å²) in [5.41, 5.74) is 4.92. The zero-order valence-electron chi connectivity index (χ0n) is 12.9. The summed E-state index contributed by atoms with van der Waals surface area (Å²) in [4.78, 5) is 14.0. The van der Waals surface area contributed by atoms with Gasteiger partial charge in [0.05, 0.1) is 5.54 Å². The van der Waals surface area contributed by atoms with Crippen molar-refractivity contribution in [3.63, 3.8) is 0 Å². The van der Waals surface area contributed by atoms with E-state index in [0.29, 0.717) is 5.92 Å². The summed E-state index contributed by atoms with van der Waals surface area (Å²) in [6.07, 6.45) is 0.751. The summed E-state index contributed by atoms with van der Waals surface area (Å²) < 4.78 is 0. The highest BCUT2D eigenvalue weighted by Crippen LogP contribution is 2.12. The van der Waals surface area contributed by atoms with Crippen LogP contribution in [0, 0.1) is 5.92 Å². The normalized spacial score (nSPS) is 15.4. The van der Waals surface area contributed by atoms with E-state index in [0.717, 1.165) is 26.1 Å². The van der Waals surface area contributed by atoms with Crippen LogP contribution in [0.15, 0.2) is 0 Å². The predicted octanol–water partition coefficient (Wildman–Crippen LogP) is 1.60. The molecule has 0 saturated carbocycles. The summed E-state index contributed by atoms with van der Waals surface area (Å²) >= 11 is 0. The van der Waals surface area contributed by atoms with Crippen LogP contribution >= 0.6 is 0 Å². The molecule has 1 unspecified atom stereocenters. The molecule has 18 heavy (non-hydrogen) atoms. The molecule has 0 aliphatic heterocycles. The Hall–Kier alpha value is -0.610. The highest BCUT2D eigenvalue weighted by Gasteiger charge is 2.31. The molecule has 4 heteroatoms. The number of nitrogens with zero attached hydrogens (tertiary/aromatic N) is 1. The van der Waals surface area contributed by atoms with Gasteiger partial charge in [-0.25, -0.2) is 0 Å². The van der Waals surface area contributed by atoms with E-state index in [4.69, 9.17) is 5.73 Å². The fourth-order valence-corrected chi connectivity index (χ4v) is 2.18. The Morgan fingerprint density at radius 3 is 2.22 bits per heavy atom. The molecule has 3 N–H and O–H groups in total. The molecule has 108 valence electrons. The van der Waals surface area contributed by atoms with Crippen LogP contribution in [0.5, 0.6) is 0 Å². The number of rotatable bonds is 9. The van der Waals surface area contributed by atoms with E-state index >= 15 is 0 Å². The maximum atomic E-state index is 11.6. The van der Waals surface area contributed by atoms with Gasteiger partial charge in [-0.1, -0.05) is 20.8 Å². The maximum Gasteiger partial charge on any atom is 0.237 e. The summed E-state index contributed by atoms with van der Waals surface area (Å²) in [5.74, 6) is 0.375. The van der Waals surface area contributed by atoms with Crippen molar-refractivity contribution in [3.8, 4) is 0 Å². The molecular weight excluding hydrogens is 226 g/mol. The minimum Gasteiger partial charge on any atom is -0.368 e. The molecule has 0 aromatic heterocycles. The van der Waals surface area contributed by atoms with E-state index in [-0.39, 0.29) is 11.9 Å². The molecule has 0 saturated heterocycles. The Morgan fingerprint density at radius 1 is 1.33 bits per heavy atom. The van der Waals surface area contributed by atoms with Crippen LogP contribution in [0.4, 0.5) is 0 Å². The van der Waals surface area contributed by atoms with Crippen LogP contribution in [-0.2, 0) is 4.79 Å². The van der Waals surface area contributed by atoms with Gasteiger partial charge in [0.1, 0.15) is 0 Å². The summed E-state index contributed by atoms with van der Waals surface area (Å²) in [5, 5.41) is 3.29. The third-order valence-electron chi connectivity index (χ3n) is 3.15. The van der Waals surface area contributed by atoms with Crippen molar-refractivity contribution in [2.75, 3.05) is 19.6 Å². The fourth-order valence-electron chi connectivity index (χ4n) is 2.18. The van der Waals surface area contributed by atoms with Crippen LogP contribution in [0.2, 0.25) is 0 Å². The number of primary amides is 1. The van der Waals surface area contributed by atoms with Gasteiger partial charge in [-0.15, -0.1) is 0 Å². The molecule has 0 fully saturated rings. The lowest BCUT2D eigenvalue weighted by Crippen LogP contribution is -2.56. The van der Waals surface area contributed by atoms with Crippen LogP contribution in [0.3, 0.4) is 0 Å². The summed E-state index contributed by atoms with van der Waals surface area (Å²) in [6, 6.07) is 0.252. The van der Waals surface area contributed by atoms with Crippen molar-refractivity contribution in [1.29, 1.82) is 0 Å². The lowest BCUT2D eigenvalue weighted by atomic mass is 9.95. The van der Waals surface area contributed by atoms with E-state index in [9.17, 15) is 4.79 Å². The second-order valence-corrected chi connectivity index (χ2v) is 6.03. The van der Waals surface area contributed by atoms with Crippen molar-refractivity contribution in [2.45, 2.75) is 59.5 Å². The van der Waals surface area contributed by atoms with E-state index < -0.39 is 5.54 Å². The van der Waals surface area contributed by atoms with Crippen LogP contribution in [0.1, 0.15) is 48.0 Å². The van der Waals surface area contributed by atoms with Crippen molar-refractivity contribution in [1.82, 2.24) is 10.2 Å². The van der Waals surface area contributed by atoms with Gasteiger partial charge in [-0.2, -0.15) is 0 Å². The number of nitrogens with one attached hydrogen (secondary N) is 1. The minimum absolute atomic E-state index is 0.252. The molecule has 0 radical (unpaired) electrons. The first-order valence-corrected chi connectivity index (χ1v) is 7.01. The Labute approximate surface area is 112 Å². The van der Waals surface area contributed by atoms with Gasteiger partial charge in [-0.05, 0) is 39.7 Å². The molecule has 0 aromatic carbocycles. The first kappa shape index (κ1) is 17.4. The monoisotopic (exact) mass is 257 g/mol. The molecule has 0 aliphatic rings. The predicted molar refractivity (Wildman–Crippen MR) is 77.4 cm³/mol. The topological polar surface area (TPSA) is 58.4 Å². The molecule has 0 rings (SSSR count). The van der Waals surface area contributed by atoms with Gasteiger partial charge in [0.2, 0.25) is 5.91 Å². The molecule has 0 bridgehead atoms. The first-order chi connectivity index (χ1) is 8.21. The quantitative estimate of drug-likeness (QED) is 0.659. The van der Waals surface area contributed by atoms with Crippen LogP contribution < -0.4 is 11.1 Å². The standard InChI is InChI=1S/C14H31N3O/c1-7-17(10-11(2)3)9-8-14(6,13(15)18)16-12(4)5/h11-12,16H,7-10H2,1-6H3,(H2,15,18). The Balaban J connectivity index is 4.46. The van der Waals surface area contributed by atoms with Crippen molar-refractivity contribution in [2.24, 2.45) is 11.7 Å². The molecule has 0 spiro atoms. The Kier molecular flexibility index (Phi) is 7.48. The highest BCUT2D eigenvalue weighted by molar-refractivity contribution is 5.84. The molecule has 1 atom stereocenters. The Bertz CT molecular complexity index is 253. The highest BCUT2D eigenvalue weighted by atomic mass is 16.1. The van der Waals surface area contributed by atoms with Crippen LogP contribution in [-0.4, -0.2) is 42.0 Å². The van der Waals surface area contributed by atoms with Gasteiger partial charge in [0.15, 0.2) is 0 Å². The molecule has 0 aromatic rings. The average molecular weight is 257 g/mol. The van der Waals surface area contributed by atoms with Crippen molar-refractivity contribution in [3.05, 3.63) is 0 Å². The maximum absolute atomic E-state index is 11.6. The SMILES string of the molecule is CCN(CCC(C)(NC(C)C)C(N)=O)CC(C)C. The Morgan fingerprint density at radius 2 is 1.89 bits per heavy atom. The third-order valence-corrected chi connectivity index (χ3v) is 3.15. The van der Waals surface area contributed by atoms with E-state index in [1.807, 2.05) is 20.8 Å². The van der Waals surface area contributed by atoms with Gasteiger partial charge in [0.25, 0.3) is 0 Å². The number of nitrogens with two attached hydrogens (primary N) is 1. The van der Waals surface area contributed by atoms with Crippen LogP contribution in [0.25, 0.3) is 0 Å². The van der Waals surface area contributed by atoms with Gasteiger partial charge >= 0.3 is 0 Å². The molecule has 0 aliphatic carbocycles. The van der Waals surface area contributed by atoms with E-state index in [2.05, 4.69) is 31.0 Å². The lowest BCUT2D eigenvalue weighted by Gasteiger charge is -2.32. The smallest absolute Gasteiger partial charge is 0.237 e. The van der Waals surface area contributed by atoms with Crippen molar-refractivity contribution >= 4 is 5.91 Å². The number of carbonyl (C=O) groups excluding carboxylic acids is 1. The lowest BCUT2D eigenvalue weighted by molar-refractivity contribution is -0.124. The number of amides is 1. The molecule has 0 heterocycles. The van der Waals surface area contributed by atoms with Gasteiger partial charge in [0, 0.05) is 19.1 Å². The summed E-state index contributed by atoms with van der Waals surface area (Å²) in [7, 11) is 0. The third kappa shape index (κ3) is 6.36. The first-order valence-electron chi connectivity index (χ1n) is 7.01. The van der Waals surface area contributed by atoms with Gasteiger partial charge < -0.3 is 16.0 Å². The molecule has 4 nitrogen and oxygen atoms in total. The van der Waals surface area contributed by atoms with E-state index in [1.54, 1.807) is 0 Å². The molecule has 1 amide bonds. The number of carbonyl (C=O) groups is 1. The average Bonchev–Trinajstić information content (AvgIpc) is 2.22. The number of hydrogen-bond acceptors (Lipinski definition) is 3.